The van der Waals surface area contributed by atoms with Crippen LogP contribution in [0.4, 0.5) is 5.69 Å². The number of hydrogen-bond acceptors (Lipinski definition) is 3. The quantitative estimate of drug-likeness (QED) is 0.824. The molecule has 27 heavy (non-hydrogen) atoms. The van der Waals surface area contributed by atoms with Crippen molar-refractivity contribution in [2.45, 2.75) is 25.2 Å². The molecule has 1 aliphatic heterocycles. The molecular weight excluding hydrogens is 384 g/mol. The van der Waals surface area contributed by atoms with Crippen LogP contribution in [0.3, 0.4) is 0 Å². The number of benzene rings is 2. The van der Waals surface area contributed by atoms with Crippen LogP contribution in [0.2, 0.25) is 5.02 Å². The van der Waals surface area contributed by atoms with E-state index in [-0.39, 0.29) is 10.8 Å². The molecule has 2 aromatic carbocycles. The van der Waals surface area contributed by atoms with Crippen LogP contribution in [0.5, 0.6) is 0 Å². The van der Waals surface area contributed by atoms with Crippen LogP contribution in [-0.2, 0) is 10.0 Å². The van der Waals surface area contributed by atoms with Gasteiger partial charge in [-0.3, -0.25) is 4.79 Å². The minimum absolute atomic E-state index is 0.244. The van der Waals surface area contributed by atoms with Gasteiger partial charge < -0.3 is 5.32 Å². The topological polar surface area (TPSA) is 66.5 Å². The largest absolute Gasteiger partial charge is 0.322 e. The maximum atomic E-state index is 12.9. The maximum absolute atomic E-state index is 12.9. The SMILES string of the molecule is C[C@H]1C[C@H](C)CN(S(=O)(=O)c2ccc(NC(=O)c3ccc(Cl)cc3)cc2)C1. The van der Waals surface area contributed by atoms with Crippen LogP contribution >= 0.6 is 11.6 Å². The second kappa shape index (κ2) is 8.00. The van der Waals surface area contributed by atoms with E-state index in [4.69, 9.17) is 11.6 Å². The highest BCUT2D eigenvalue weighted by Crippen LogP contribution is 2.27. The molecule has 1 N–H and O–H groups in total. The van der Waals surface area contributed by atoms with E-state index in [0.29, 0.717) is 41.2 Å². The molecule has 2 aromatic rings. The summed E-state index contributed by atoms with van der Waals surface area (Å²) in [6, 6.07) is 12.9. The van der Waals surface area contributed by atoms with Gasteiger partial charge in [0, 0.05) is 29.4 Å². The molecule has 1 heterocycles. The van der Waals surface area contributed by atoms with E-state index in [1.165, 1.54) is 12.1 Å². The lowest BCUT2D eigenvalue weighted by atomic mass is 9.94. The zero-order valence-electron chi connectivity index (χ0n) is 15.4. The third-order valence-corrected chi connectivity index (χ3v) is 6.79. The predicted molar refractivity (Wildman–Crippen MR) is 108 cm³/mol. The van der Waals surface area contributed by atoms with Crippen LogP contribution in [0, 0.1) is 11.8 Å². The third-order valence-electron chi connectivity index (χ3n) is 4.69. The van der Waals surface area contributed by atoms with E-state index in [2.05, 4.69) is 19.2 Å². The number of carbonyl (C=O) groups is 1. The van der Waals surface area contributed by atoms with Gasteiger partial charge in [0.1, 0.15) is 0 Å². The van der Waals surface area contributed by atoms with Crippen molar-refractivity contribution in [3.8, 4) is 0 Å². The summed E-state index contributed by atoms with van der Waals surface area (Å²) >= 11 is 5.83. The molecule has 0 radical (unpaired) electrons. The minimum atomic E-state index is -3.52. The Morgan fingerprint density at radius 2 is 1.56 bits per heavy atom. The molecule has 144 valence electrons. The highest BCUT2D eigenvalue weighted by atomic mass is 35.5. The monoisotopic (exact) mass is 406 g/mol. The third kappa shape index (κ3) is 4.69. The molecule has 1 fully saturated rings. The number of nitrogens with zero attached hydrogens (tertiary/aromatic N) is 1. The molecule has 7 heteroatoms. The fraction of sp³-hybridized carbons (Fsp3) is 0.350. The number of anilines is 1. The zero-order valence-corrected chi connectivity index (χ0v) is 16.9. The van der Waals surface area contributed by atoms with Gasteiger partial charge in [0.2, 0.25) is 10.0 Å². The highest BCUT2D eigenvalue weighted by molar-refractivity contribution is 7.89. The maximum Gasteiger partial charge on any atom is 0.255 e. The molecular formula is C20H23ClN2O3S. The van der Waals surface area contributed by atoms with E-state index >= 15 is 0 Å². The van der Waals surface area contributed by atoms with Gasteiger partial charge in [0.25, 0.3) is 5.91 Å². The van der Waals surface area contributed by atoms with Gasteiger partial charge in [0.05, 0.1) is 4.90 Å². The summed E-state index contributed by atoms with van der Waals surface area (Å²) in [6.45, 7) is 5.24. The molecule has 2 atom stereocenters. The van der Waals surface area contributed by atoms with Gasteiger partial charge in [-0.2, -0.15) is 4.31 Å². The number of carbonyl (C=O) groups excluding carboxylic acids is 1. The Labute approximate surface area is 165 Å². The Bertz CT molecular complexity index is 901. The number of hydrogen-bond donors (Lipinski definition) is 1. The van der Waals surface area contributed by atoms with Crippen LogP contribution < -0.4 is 5.32 Å². The Balaban J connectivity index is 1.72. The predicted octanol–water partition coefficient (Wildman–Crippen LogP) is 4.26. The first-order chi connectivity index (χ1) is 12.8. The second-order valence-electron chi connectivity index (χ2n) is 7.25. The lowest BCUT2D eigenvalue weighted by Crippen LogP contribution is -2.42. The molecule has 0 bridgehead atoms. The molecule has 1 saturated heterocycles. The van der Waals surface area contributed by atoms with Crippen LogP contribution in [0.25, 0.3) is 0 Å². The molecule has 3 rings (SSSR count). The van der Waals surface area contributed by atoms with Crippen molar-refractivity contribution in [1.29, 1.82) is 0 Å². The van der Waals surface area contributed by atoms with E-state index in [9.17, 15) is 13.2 Å². The number of nitrogens with one attached hydrogen (secondary N) is 1. The summed E-state index contributed by atoms with van der Waals surface area (Å²) < 4.78 is 27.3. The Morgan fingerprint density at radius 3 is 2.11 bits per heavy atom. The van der Waals surface area contributed by atoms with Crippen molar-refractivity contribution in [2.24, 2.45) is 11.8 Å². The first-order valence-electron chi connectivity index (χ1n) is 8.93. The van der Waals surface area contributed by atoms with Crippen molar-refractivity contribution in [3.05, 3.63) is 59.1 Å². The van der Waals surface area contributed by atoms with Crippen molar-refractivity contribution >= 4 is 33.2 Å². The smallest absolute Gasteiger partial charge is 0.255 e. The van der Waals surface area contributed by atoms with Gasteiger partial charge in [0.15, 0.2) is 0 Å². The molecule has 0 unspecified atom stereocenters. The van der Waals surface area contributed by atoms with Crippen molar-refractivity contribution in [2.75, 3.05) is 18.4 Å². The fourth-order valence-electron chi connectivity index (χ4n) is 3.47. The van der Waals surface area contributed by atoms with Gasteiger partial charge in [-0.1, -0.05) is 25.4 Å². The molecule has 0 aromatic heterocycles. The lowest BCUT2D eigenvalue weighted by Gasteiger charge is -2.34. The van der Waals surface area contributed by atoms with Gasteiger partial charge in [-0.15, -0.1) is 0 Å². The van der Waals surface area contributed by atoms with Gasteiger partial charge >= 0.3 is 0 Å². The summed E-state index contributed by atoms with van der Waals surface area (Å²) in [4.78, 5) is 12.5. The number of halogens is 1. The van der Waals surface area contributed by atoms with Crippen molar-refractivity contribution in [3.63, 3.8) is 0 Å². The average molecular weight is 407 g/mol. The number of sulfonamides is 1. The van der Waals surface area contributed by atoms with Crippen molar-refractivity contribution < 1.29 is 13.2 Å². The summed E-state index contributed by atoms with van der Waals surface area (Å²) in [7, 11) is -3.52. The summed E-state index contributed by atoms with van der Waals surface area (Å²) in [6.07, 6.45) is 1.04. The molecule has 0 spiro atoms. The van der Waals surface area contributed by atoms with E-state index in [1.54, 1.807) is 40.7 Å². The van der Waals surface area contributed by atoms with Crippen molar-refractivity contribution in [1.82, 2.24) is 4.31 Å². The van der Waals surface area contributed by atoms with E-state index in [1.807, 2.05) is 0 Å². The van der Waals surface area contributed by atoms with Gasteiger partial charge in [-0.25, -0.2) is 8.42 Å². The number of amides is 1. The summed E-state index contributed by atoms with van der Waals surface area (Å²) in [5, 5.41) is 3.32. The lowest BCUT2D eigenvalue weighted by molar-refractivity contribution is 0.102. The van der Waals surface area contributed by atoms with Crippen LogP contribution in [0.1, 0.15) is 30.6 Å². The normalized spacial score (nSPS) is 21.0. The van der Waals surface area contributed by atoms with Crippen LogP contribution in [-0.4, -0.2) is 31.7 Å². The Kier molecular flexibility index (Phi) is 5.89. The number of piperidine rings is 1. The molecule has 0 aliphatic carbocycles. The van der Waals surface area contributed by atoms with E-state index in [0.717, 1.165) is 6.42 Å². The van der Waals surface area contributed by atoms with Gasteiger partial charge in [-0.05, 0) is 66.8 Å². The first kappa shape index (κ1) is 19.9. The van der Waals surface area contributed by atoms with Crippen LogP contribution in [0.15, 0.2) is 53.4 Å². The number of rotatable bonds is 4. The second-order valence-corrected chi connectivity index (χ2v) is 9.63. The standard InChI is InChI=1S/C20H23ClN2O3S/c1-14-11-15(2)13-23(12-14)27(25,26)19-9-7-18(8-10-19)22-20(24)16-3-5-17(21)6-4-16/h3-10,14-15H,11-13H2,1-2H3,(H,22,24)/t14-,15-/m0/s1. The minimum Gasteiger partial charge on any atom is -0.322 e. The fourth-order valence-corrected chi connectivity index (χ4v) is 5.27. The molecule has 5 nitrogen and oxygen atoms in total. The first-order valence-corrected chi connectivity index (χ1v) is 10.7. The summed E-state index contributed by atoms with van der Waals surface area (Å²) in [5.74, 6) is 0.420. The molecule has 1 amide bonds. The Morgan fingerprint density at radius 1 is 1.00 bits per heavy atom. The Hall–Kier alpha value is -1.89. The zero-order chi connectivity index (χ0) is 19.6. The molecule has 1 aliphatic rings. The highest BCUT2D eigenvalue weighted by Gasteiger charge is 2.31. The average Bonchev–Trinajstić information content (AvgIpc) is 2.62. The van der Waals surface area contributed by atoms with E-state index < -0.39 is 10.0 Å². The molecule has 0 saturated carbocycles. The summed E-state index contributed by atoms with van der Waals surface area (Å²) in [5.41, 5.74) is 1.02.